The third kappa shape index (κ3) is 4.18. The highest BCUT2D eigenvalue weighted by atomic mass is 32.2. The van der Waals surface area contributed by atoms with Crippen LogP contribution in [-0.2, 0) is 5.75 Å². The first-order chi connectivity index (χ1) is 13.7. The van der Waals surface area contributed by atoms with Crippen molar-refractivity contribution in [2.45, 2.75) is 11.0 Å². The summed E-state index contributed by atoms with van der Waals surface area (Å²) in [5.74, 6) is 2.41. The second kappa shape index (κ2) is 8.45. The van der Waals surface area contributed by atoms with Gasteiger partial charge in [-0.3, -0.25) is 0 Å². The molecule has 2 heterocycles. The largest absolute Gasteiger partial charge is 0.497 e. The van der Waals surface area contributed by atoms with Crippen LogP contribution in [0.4, 0.5) is 0 Å². The number of hydrogen-bond acceptors (Lipinski definition) is 8. The SMILES string of the molecule is COc1cc(OC)cc(-c2nnc(SCc3csc(-c4ccccc4)n3)o2)c1. The zero-order valence-corrected chi connectivity index (χ0v) is 16.9. The zero-order chi connectivity index (χ0) is 19.3. The van der Waals surface area contributed by atoms with Gasteiger partial charge in [-0.05, 0) is 12.1 Å². The molecule has 0 amide bonds. The Kier molecular flexibility index (Phi) is 5.59. The fourth-order valence-corrected chi connectivity index (χ4v) is 4.12. The van der Waals surface area contributed by atoms with E-state index in [1.165, 1.54) is 11.8 Å². The van der Waals surface area contributed by atoms with Gasteiger partial charge < -0.3 is 13.9 Å². The third-order valence-electron chi connectivity index (χ3n) is 3.92. The summed E-state index contributed by atoms with van der Waals surface area (Å²) in [4.78, 5) is 4.68. The van der Waals surface area contributed by atoms with Gasteiger partial charge in [0.05, 0.1) is 19.9 Å². The summed E-state index contributed by atoms with van der Waals surface area (Å²) in [6.07, 6.45) is 0. The fourth-order valence-electron chi connectivity index (χ4n) is 2.54. The summed E-state index contributed by atoms with van der Waals surface area (Å²) in [7, 11) is 3.20. The van der Waals surface area contributed by atoms with Crippen LogP contribution in [0.3, 0.4) is 0 Å². The first kappa shape index (κ1) is 18.5. The molecule has 0 saturated heterocycles. The third-order valence-corrected chi connectivity index (χ3v) is 5.71. The number of rotatable bonds is 7. The van der Waals surface area contributed by atoms with E-state index in [1.807, 2.05) is 30.3 Å². The van der Waals surface area contributed by atoms with Crippen LogP contribution >= 0.6 is 23.1 Å². The molecule has 2 aromatic heterocycles. The molecule has 2 aromatic carbocycles. The second-order valence-corrected chi connectivity index (χ2v) is 7.56. The maximum absolute atomic E-state index is 5.79. The van der Waals surface area contributed by atoms with Gasteiger partial charge in [-0.25, -0.2) is 4.98 Å². The van der Waals surface area contributed by atoms with Crippen LogP contribution in [0.15, 0.2) is 63.6 Å². The van der Waals surface area contributed by atoms with Crippen molar-refractivity contribution < 1.29 is 13.9 Å². The molecular formula is C20H17N3O3S2. The summed E-state index contributed by atoms with van der Waals surface area (Å²) in [6, 6.07) is 15.6. The number of methoxy groups -OCH3 is 2. The Morgan fingerprint density at radius 3 is 2.43 bits per heavy atom. The predicted octanol–water partition coefficient (Wildman–Crippen LogP) is 5.17. The normalized spacial score (nSPS) is 10.8. The smallest absolute Gasteiger partial charge is 0.277 e. The quantitative estimate of drug-likeness (QED) is 0.389. The Labute approximate surface area is 170 Å². The molecule has 0 atom stereocenters. The highest BCUT2D eigenvalue weighted by molar-refractivity contribution is 7.98. The van der Waals surface area contributed by atoms with Gasteiger partial charge >= 0.3 is 0 Å². The van der Waals surface area contributed by atoms with E-state index in [-0.39, 0.29) is 0 Å². The summed E-state index contributed by atoms with van der Waals surface area (Å²) in [6.45, 7) is 0. The van der Waals surface area contributed by atoms with Crippen molar-refractivity contribution >= 4 is 23.1 Å². The van der Waals surface area contributed by atoms with Crippen LogP contribution in [0.5, 0.6) is 11.5 Å². The van der Waals surface area contributed by atoms with Crippen LogP contribution in [0.1, 0.15) is 5.69 Å². The average Bonchev–Trinajstić information content (AvgIpc) is 3.42. The number of benzene rings is 2. The fraction of sp³-hybridized carbons (Fsp3) is 0.150. The summed E-state index contributed by atoms with van der Waals surface area (Å²) >= 11 is 3.09. The van der Waals surface area contributed by atoms with Gasteiger partial charge in [-0.15, -0.1) is 21.5 Å². The van der Waals surface area contributed by atoms with Gasteiger partial charge in [0, 0.05) is 28.3 Å². The van der Waals surface area contributed by atoms with E-state index in [1.54, 1.807) is 31.6 Å². The zero-order valence-electron chi connectivity index (χ0n) is 15.3. The number of nitrogens with zero attached hydrogens (tertiary/aromatic N) is 3. The van der Waals surface area contributed by atoms with E-state index in [4.69, 9.17) is 13.9 Å². The molecule has 0 N–H and O–H groups in total. The molecule has 142 valence electrons. The van der Waals surface area contributed by atoms with E-state index < -0.39 is 0 Å². The minimum absolute atomic E-state index is 0.419. The Hall–Kier alpha value is -2.84. The van der Waals surface area contributed by atoms with Crippen molar-refractivity contribution in [3.8, 4) is 33.5 Å². The van der Waals surface area contributed by atoms with Gasteiger partial charge in [0.1, 0.15) is 16.5 Å². The van der Waals surface area contributed by atoms with Crippen molar-refractivity contribution in [3.63, 3.8) is 0 Å². The Balaban J connectivity index is 1.45. The maximum Gasteiger partial charge on any atom is 0.277 e. The van der Waals surface area contributed by atoms with E-state index in [9.17, 15) is 0 Å². The van der Waals surface area contributed by atoms with Gasteiger partial charge in [-0.1, -0.05) is 42.1 Å². The molecule has 4 aromatic rings. The lowest BCUT2D eigenvalue weighted by Crippen LogP contribution is -1.88. The average molecular weight is 412 g/mol. The Morgan fingerprint density at radius 2 is 1.71 bits per heavy atom. The predicted molar refractivity (Wildman–Crippen MR) is 110 cm³/mol. The number of thioether (sulfide) groups is 1. The van der Waals surface area contributed by atoms with Crippen LogP contribution in [-0.4, -0.2) is 29.4 Å². The van der Waals surface area contributed by atoms with Crippen LogP contribution in [0.25, 0.3) is 22.0 Å². The molecule has 4 rings (SSSR count). The molecule has 8 heteroatoms. The minimum Gasteiger partial charge on any atom is -0.497 e. The van der Waals surface area contributed by atoms with Gasteiger partial charge in [0.15, 0.2) is 0 Å². The molecule has 0 radical (unpaired) electrons. The minimum atomic E-state index is 0.419. The molecule has 0 aliphatic carbocycles. The molecule has 0 bridgehead atoms. The van der Waals surface area contributed by atoms with Crippen molar-refractivity contribution in [1.29, 1.82) is 0 Å². The van der Waals surface area contributed by atoms with Crippen LogP contribution < -0.4 is 9.47 Å². The lowest BCUT2D eigenvalue weighted by atomic mass is 10.2. The van der Waals surface area contributed by atoms with Crippen molar-refractivity contribution in [2.75, 3.05) is 14.2 Å². The lowest BCUT2D eigenvalue weighted by molar-refractivity contribution is 0.394. The van der Waals surface area contributed by atoms with Crippen molar-refractivity contribution in [3.05, 3.63) is 59.6 Å². The van der Waals surface area contributed by atoms with Crippen LogP contribution in [0.2, 0.25) is 0 Å². The van der Waals surface area contributed by atoms with E-state index in [0.717, 1.165) is 21.8 Å². The first-order valence-corrected chi connectivity index (χ1v) is 10.3. The van der Waals surface area contributed by atoms with Crippen molar-refractivity contribution in [2.24, 2.45) is 0 Å². The molecule has 0 aliphatic rings. The number of ether oxygens (including phenoxy) is 2. The Bertz CT molecular complexity index is 1040. The molecule has 0 aliphatic heterocycles. The van der Waals surface area contributed by atoms with E-state index in [2.05, 4.69) is 32.7 Å². The monoisotopic (exact) mass is 411 g/mol. The van der Waals surface area contributed by atoms with E-state index >= 15 is 0 Å². The van der Waals surface area contributed by atoms with Crippen molar-refractivity contribution in [1.82, 2.24) is 15.2 Å². The molecule has 0 fully saturated rings. The van der Waals surface area contributed by atoms with E-state index in [0.29, 0.717) is 28.4 Å². The Morgan fingerprint density at radius 1 is 0.964 bits per heavy atom. The molecule has 0 unspecified atom stereocenters. The molecule has 6 nitrogen and oxygen atoms in total. The summed E-state index contributed by atoms with van der Waals surface area (Å²) < 4.78 is 16.4. The molecule has 0 spiro atoms. The summed E-state index contributed by atoms with van der Waals surface area (Å²) in [5, 5.41) is 11.8. The molecular weight excluding hydrogens is 394 g/mol. The van der Waals surface area contributed by atoms with Crippen LogP contribution in [0, 0.1) is 0 Å². The summed E-state index contributed by atoms with van der Waals surface area (Å²) in [5.41, 5.74) is 2.85. The van der Waals surface area contributed by atoms with Gasteiger partial charge in [-0.2, -0.15) is 0 Å². The second-order valence-electron chi connectivity index (χ2n) is 5.77. The number of hydrogen-bond donors (Lipinski definition) is 0. The number of thiazole rings is 1. The topological polar surface area (TPSA) is 70.3 Å². The van der Waals surface area contributed by atoms with Gasteiger partial charge in [0.25, 0.3) is 5.22 Å². The highest BCUT2D eigenvalue weighted by Gasteiger charge is 2.13. The molecule has 28 heavy (non-hydrogen) atoms. The number of aromatic nitrogens is 3. The lowest BCUT2D eigenvalue weighted by Gasteiger charge is -2.05. The maximum atomic E-state index is 5.79. The molecule has 0 saturated carbocycles. The highest BCUT2D eigenvalue weighted by Crippen LogP contribution is 2.32. The standard InChI is InChI=1S/C20H17N3O3S2/c1-24-16-8-14(9-17(10-16)25-2)18-22-23-20(26-18)28-12-15-11-27-19(21-15)13-6-4-3-5-7-13/h3-11H,12H2,1-2H3. The first-order valence-electron chi connectivity index (χ1n) is 8.45. The van der Waals surface area contributed by atoms with Gasteiger partial charge in [0.2, 0.25) is 5.89 Å².